The van der Waals surface area contributed by atoms with Crippen LogP contribution in [-0.4, -0.2) is 52.5 Å². The molecule has 1 heterocycles. The van der Waals surface area contributed by atoms with Gasteiger partial charge in [0.25, 0.3) is 10.1 Å². The van der Waals surface area contributed by atoms with Gasteiger partial charge < -0.3 is 19.3 Å². The summed E-state index contributed by atoms with van der Waals surface area (Å²) in [5.74, 6) is -1.01. The quantitative estimate of drug-likeness (QED) is 0.554. The summed E-state index contributed by atoms with van der Waals surface area (Å²) in [5, 5.41) is 10.1. The zero-order chi connectivity index (χ0) is 17.9. The number of benzene rings is 1. The Balaban J connectivity index is 2.08. The summed E-state index contributed by atoms with van der Waals surface area (Å²) in [6, 6.07) is 6.05. The Morgan fingerprint density at radius 1 is 1.21 bits per heavy atom. The van der Waals surface area contributed by atoms with Gasteiger partial charge in [0.15, 0.2) is 11.9 Å². The highest BCUT2D eigenvalue weighted by Gasteiger charge is 2.41. The van der Waals surface area contributed by atoms with Crippen LogP contribution in [0.15, 0.2) is 40.7 Å². The Morgan fingerprint density at radius 3 is 2.38 bits per heavy atom. The molecule has 24 heavy (non-hydrogen) atoms. The summed E-state index contributed by atoms with van der Waals surface area (Å²) >= 11 is 0. The van der Waals surface area contributed by atoms with Crippen molar-refractivity contribution in [2.75, 3.05) is 20.8 Å². The molecule has 0 radical (unpaired) electrons. The molecule has 0 bridgehead atoms. The number of cyclic esters (lactones) is 1. The Bertz CT molecular complexity index is 735. The molecule has 132 valence electrons. The van der Waals surface area contributed by atoms with Crippen LogP contribution >= 0.6 is 0 Å². The van der Waals surface area contributed by atoms with E-state index in [4.69, 9.17) is 18.4 Å². The number of aliphatic hydroxyl groups is 1. The molecule has 0 amide bonds. The van der Waals surface area contributed by atoms with Gasteiger partial charge in [-0.15, -0.1) is 0 Å². The fourth-order valence-electron chi connectivity index (χ4n) is 2.12. The van der Waals surface area contributed by atoms with Gasteiger partial charge in [0, 0.05) is 0 Å². The lowest BCUT2D eigenvalue weighted by atomic mass is 10.2. The van der Waals surface area contributed by atoms with E-state index in [1.807, 2.05) is 6.92 Å². The predicted octanol–water partition coefficient (Wildman–Crippen LogP) is 0.491. The monoisotopic (exact) mass is 358 g/mol. The first-order chi connectivity index (χ1) is 11.3. The maximum absolute atomic E-state index is 12.1. The second kappa shape index (κ2) is 7.20. The number of aryl methyl sites for hydroxylation is 1. The molecule has 0 spiro atoms. The molecule has 1 N–H and O–H groups in total. The molecule has 0 fully saturated rings. The van der Waals surface area contributed by atoms with E-state index in [9.17, 15) is 18.3 Å². The molecule has 2 rings (SSSR count). The summed E-state index contributed by atoms with van der Waals surface area (Å²) in [7, 11) is -1.52. The first-order valence-electron chi connectivity index (χ1n) is 6.97. The van der Waals surface area contributed by atoms with Gasteiger partial charge >= 0.3 is 5.97 Å². The molecule has 1 aliphatic heterocycles. The first-order valence-corrected chi connectivity index (χ1v) is 8.38. The number of rotatable bonds is 7. The molecule has 9 heteroatoms. The Hall–Kier alpha value is -2.10. The van der Waals surface area contributed by atoms with Crippen molar-refractivity contribution in [2.24, 2.45) is 0 Å². The van der Waals surface area contributed by atoms with Crippen molar-refractivity contribution in [1.82, 2.24) is 0 Å². The van der Waals surface area contributed by atoms with Gasteiger partial charge in [-0.3, -0.25) is 4.18 Å². The summed E-state index contributed by atoms with van der Waals surface area (Å²) in [6.45, 7) is 1.21. The number of aliphatic hydroxyl groups excluding tert-OH is 1. The van der Waals surface area contributed by atoms with Crippen LogP contribution in [0.4, 0.5) is 0 Å². The average Bonchev–Trinajstić information content (AvgIpc) is 2.88. The molecule has 8 nitrogen and oxygen atoms in total. The number of carbonyl (C=O) groups is 1. The average molecular weight is 358 g/mol. The highest BCUT2D eigenvalue weighted by Crippen LogP contribution is 2.26. The third kappa shape index (κ3) is 3.69. The minimum Gasteiger partial charge on any atom is -0.493 e. The molecule has 1 aromatic rings. The molecule has 0 saturated carbocycles. The van der Waals surface area contributed by atoms with E-state index in [1.165, 1.54) is 26.4 Å². The molecule has 0 saturated heterocycles. The van der Waals surface area contributed by atoms with Crippen molar-refractivity contribution in [1.29, 1.82) is 0 Å². The van der Waals surface area contributed by atoms with Crippen LogP contribution in [-0.2, 0) is 33.3 Å². The normalized spacial score (nSPS) is 19.2. The molecular formula is C15H18O8S. The summed E-state index contributed by atoms with van der Waals surface area (Å²) in [4.78, 5) is 11.6. The van der Waals surface area contributed by atoms with Crippen LogP contribution < -0.4 is 0 Å². The highest BCUT2D eigenvalue weighted by atomic mass is 32.2. The lowest BCUT2D eigenvalue weighted by Crippen LogP contribution is -2.34. The highest BCUT2D eigenvalue weighted by molar-refractivity contribution is 7.86. The number of methoxy groups -OCH3 is 2. The van der Waals surface area contributed by atoms with E-state index in [-0.39, 0.29) is 16.4 Å². The summed E-state index contributed by atoms with van der Waals surface area (Å²) in [5.41, 5.74) is 0.897. The van der Waals surface area contributed by atoms with Crippen molar-refractivity contribution in [3.05, 3.63) is 41.3 Å². The Morgan fingerprint density at radius 2 is 1.83 bits per heavy atom. The summed E-state index contributed by atoms with van der Waals surface area (Å²) < 4.78 is 43.8. The van der Waals surface area contributed by atoms with Gasteiger partial charge in [0.2, 0.25) is 5.76 Å². The number of esters is 1. The van der Waals surface area contributed by atoms with E-state index in [0.29, 0.717) is 0 Å². The molecule has 1 aromatic carbocycles. The van der Waals surface area contributed by atoms with Gasteiger partial charge in [0.1, 0.15) is 6.10 Å². The van der Waals surface area contributed by atoms with Crippen molar-refractivity contribution < 1.29 is 36.7 Å². The molecule has 0 unspecified atom stereocenters. The zero-order valence-corrected chi connectivity index (χ0v) is 14.2. The van der Waals surface area contributed by atoms with Gasteiger partial charge in [-0.05, 0) is 19.1 Å². The molecule has 2 atom stereocenters. The van der Waals surface area contributed by atoms with Gasteiger partial charge in [-0.25, -0.2) is 4.79 Å². The first kappa shape index (κ1) is 18.2. The van der Waals surface area contributed by atoms with Crippen LogP contribution in [0.3, 0.4) is 0 Å². The third-order valence-electron chi connectivity index (χ3n) is 3.38. The lowest BCUT2D eigenvalue weighted by Gasteiger charge is -2.18. The second-order valence-electron chi connectivity index (χ2n) is 5.05. The van der Waals surface area contributed by atoms with E-state index >= 15 is 0 Å². The Labute approximate surface area is 139 Å². The van der Waals surface area contributed by atoms with Crippen LogP contribution in [0, 0.1) is 6.92 Å². The third-order valence-corrected chi connectivity index (χ3v) is 4.67. The number of hydrogen-bond donors (Lipinski definition) is 1. The van der Waals surface area contributed by atoms with Crippen LogP contribution in [0.1, 0.15) is 5.56 Å². The van der Waals surface area contributed by atoms with Crippen LogP contribution in [0.5, 0.6) is 0 Å². The number of ether oxygens (including phenoxy) is 3. The molecule has 0 aliphatic carbocycles. The number of hydrogen-bond acceptors (Lipinski definition) is 8. The second-order valence-corrected chi connectivity index (χ2v) is 6.66. The van der Waals surface area contributed by atoms with Crippen LogP contribution in [0.2, 0.25) is 0 Å². The van der Waals surface area contributed by atoms with Gasteiger partial charge in [0.05, 0.1) is 25.7 Å². The van der Waals surface area contributed by atoms with Gasteiger partial charge in [-0.2, -0.15) is 8.42 Å². The van der Waals surface area contributed by atoms with E-state index < -0.39 is 34.9 Å². The largest absolute Gasteiger partial charge is 0.493 e. The topological polar surface area (TPSA) is 108 Å². The van der Waals surface area contributed by atoms with Crippen molar-refractivity contribution in [3.63, 3.8) is 0 Å². The van der Waals surface area contributed by atoms with Crippen LogP contribution in [0.25, 0.3) is 0 Å². The minimum atomic E-state index is -4.05. The molecular weight excluding hydrogens is 340 g/mol. The van der Waals surface area contributed by atoms with E-state index in [0.717, 1.165) is 5.56 Å². The molecule has 1 aliphatic rings. The fraction of sp³-hybridized carbons (Fsp3) is 0.400. The zero-order valence-electron chi connectivity index (χ0n) is 13.4. The fourth-order valence-corrected chi connectivity index (χ4v) is 3.04. The van der Waals surface area contributed by atoms with Crippen molar-refractivity contribution >= 4 is 16.1 Å². The SMILES string of the molecule is COC1=C(OC)[C@@H]([C@@H](O)COS(=O)(=O)c2ccc(C)cc2)OC1=O. The smallest absolute Gasteiger partial charge is 0.378 e. The van der Waals surface area contributed by atoms with E-state index in [2.05, 4.69) is 0 Å². The minimum absolute atomic E-state index is 0.0219. The van der Waals surface area contributed by atoms with Gasteiger partial charge in [-0.1, -0.05) is 17.7 Å². The lowest BCUT2D eigenvalue weighted by molar-refractivity contribution is -0.147. The summed E-state index contributed by atoms with van der Waals surface area (Å²) in [6.07, 6.45) is -2.65. The van der Waals surface area contributed by atoms with Crippen molar-refractivity contribution in [3.8, 4) is 0 Å². The van der Waals surface area contributed by atoms with Crippen molar-refractivity contribution in [2.45, 2.75) is 24.0 Å². The maximum Gasteiger partial charge on any atom is 0.378 e. The Kier molecular flexibility index (Phi) is 5.47. The predicted molar refractivity (Wildman–Crippen MR) is 81.2 cm³/mol. The maximum atomic E-state index is 12.1. The number of carbonyl (C=O) groups excluding carboxylic acids is 1. The van der Waals surface area contributed by atoms with E-state index in [1.54, 1.807) is 12.1 Å². The standard InChI is InChI=1S/C15H18O8S/c1-9-4-6-10(7-5-9)24(18,19)22-8-11(16)12-13(20-2)14(21-3)15(17)23-12/h4-7,11-12,16H,8H2,1-3H3/t11-,12+/m0/s1. The molecule has 0 aromatic heterocycles.